The number of nitrogens with zero attached hydrogens (tertiary/aromatic N) is 2. The van der Waals surface area contributed by atoms with Crippen LogP contribution in [-0.4, -0.2) is 47.2 Å². The standard InChI is InChI=1S/C17H22N2O5/c1-17(2,7-8-20)15(22)16-18-12-6-5-11(23-3)9-13(12)19(16)10-14(21)24-4/h5-6,9,20H,7-8,10H2,1-4H3. The minimum absolute atomic E-state index is 0.107. The molecule has 0 radical (unpaired) electrons. The summed E-state index contributed by atoms with van der Waals surface area (Å²) >= 11 is 0. The van der Waals surface area contributed by atoms with E-state index in [1.165, 1.54) is 11.7 Å². The van der Waals surface area contributed by atoms with Gasteiger partial charge in [0, 0.05) is 18.1 Å². The van der Waals surface area contributed by atoms with Crippen LogP contribution in [0.15, 0.2) is 18.2 Å². The Labute approximate surface area is 140 Å². The third-order valence-electron chi connectivity index (χ3n) is 4.02. The number of fused-ring (bicyclic) bond motifs is 1. The van der Waals surface area contributed by atoms with E-state index in [1.54, 1.807) is 39.2 Å². The summed E-state index contributed by atoms with van der Waals surface area (Å²) in [5.74, 6) is 0.0472. The molecule has 0 aliphatic rings. The molecule has 1 heterocycles. The van der Waals surface area contributed by atoms with Gasteiger partial charge in [0.25, 0.3) is 0 Å². The molecular formula is C17H22N2O5. The molecule has 7 heteroatoms. The summed E-state index contributed by atoms with van der Waals surface area (Å²) < 4.78 is 11.5. The smallest absolute Gasteiger partial charge is 0.325 e. The fourth-order valence-corrected chi connectivity index (χ4v) is 2.45. The topological polar surface area (TPSA) is 90.7 Å². The molecule has 2 rings (SSSR count). The van der Waals surface area contributed by atoms with Crippen LogP contribution in [0.25, 0.3) is 11.0 Å². The van der Waals surface area contributed by atoms with E-state index >= 15 is 0 Å². The van der Waals surface area contributed by atoms with Gasteiger partial charge in [-0.05, 0) is 18.6 Å². The number of ketones is 1. The quantitative estimate of drug-likeness (QED) is 0.613. The van der Waals surface area contributed by atoms with E-state index in [4.69, 9.17) is 9.47 Å². The van der Waals surface area contributed by atoms with Crippen LogP contribution < -0.4 is 4.74 Å². The summed E-state index contributed by atoms with van der Waals surface area (Å²) in [6, 6.07) is 5.20. The van der Waals surface area contributed by atoms with Gasteiger partial charge in [0.2, 0.25) is 5.78 Å². The average molecular weight is 334 g/mol. The number of aliphatic hydroxyl groups is 1. The second-order valence-corrected chi connectivity index (χ2v) is 6.14. The molecule has 0 spiro atoms. The molecule has 0 amide bonds. The number of imidazole rings is 1. The second kappa shape index (κ2) is 7.00. The predicted octanol–water partition coefficient (Wildman–Crippen LogP) is 1.81. The van der Waals surface area contributed by atoms with Crippen molar-refractivity contribution in [1.82, 2.24) is 9.55 Å². The highest BCUT2D eigenvalue weighted by Gasteiger charge is 2.32. The number of ether oxygens (including phenoxy) is 2. The molecule has 7 nitrogen and oxygen atoms in total. The van der Waals surface area contributed by atoms with Crippen molar-refractivity contribution in [3.8, 4) is 5.75 Å². The lowest BCUT2D eigenvalue weighted by molar-refractivity contribution is -0.141. The van der Waals surface area contributed by atoms with E-state index in [-0.39, 0.29) is 24.8 Å². The summed E-state index contributed by atoms with van der Waals surface area (Å²) in [4.78, 5) is 29.1. The van der Waals surface area contributed by atoms with Gasteiger partial charge in [-0.15, -0.1) is 0 Å². The number of hydrogen-bond donors (Lipinski definition) is 1. The van der Waals surface area contributed by atoms with Crippen LogP contribution in [-0.2, 0) is 16.1 Å². The van der Waals surface area contributed by atoms with Crippen molar-refractivity contribution >= 4 is 22.8 Å². The molecule has 0 bridgehead atoms. The summed E-state index contributed by atoms with van der Waals surface area (Å²) in [6.07, 6.45) is 0.302. The lowest BCUT2D eigenvalue weighted by Crippen LogP contribution is -2.29. The maximum Gasteiger partial charge on any atom is 0.325 e. The van der Waals surface area contributed by atoms with Gasteiger partial charge in [-0.25, -0.2) is 4.98 Å². The highest BCUT2D eigenvalue weighted by atomic mass is 16.5. The Morgan fingerprint density at radius 3 is 2.58 bits per heavy atom. The number of aliphatic hydroxyl groups excluding tert-OH is 1. The van der Waals surface area contributed by atoms with Crippen molar-refractivity contribution in [3.63, 3.8) is 0 Å². The summed E-state index contributed by atoms with van der Waals surface area (Å²) in [7, 11) is 2.83. The zero-order chi connectivity index (χ0) is 17.9. The van der Waals surface area contributed by atoms with Gasteiger partial charge in [0.1, 0.15) is 12.3 Å². The summed E-state index contributed by atoms with van der Waals surface area (Å²) in [6.45, 7) is 3.25. The van der Waals surface area contributed by atoms with Crippen molar-refractivity contribution in [1.29, 1.82) is 0 Å². The van der Waals surface area contributed by atoms with Crippen LogP contribution in [0.1, 0.15) is 30.9 Å². The Morgan fingerprint density at radius 2 is 2.00 bits per heavy atom. The van der Waals surface area contributed by atoms with Crippen LogP contribution in [0.3, 0.4) is 0 Å². The van der Waals surface area contributed by atoms with E-state index in [0.717, 1.165) is 0 Å². The monoisotopic (exact) mass is 334 g/mol. The number of methoxy groups -OCH3 is 2. The van der Waals surface area contributed by atoms with Crippen LogP contribution >= 0.6 is 0 Å². The molecule has 1 aromatic heterocycles. The zero-order valence-corrected chi connectivity index (χ0v) is 14.3. The number of benzene rings is 1. The number of Topliss-reactive ketones (excluding diaryl/α,β-unsaturated/α-hetero) is 1. The number of aromatic nitrogens is 2. The van der Waals surface area contributed by atoms with Gasteiger partial charge < -0.3 is 19.1 Å². The minimum Gasteiger partial charge on any atom is -0.497 e. The molecule has 0 saturated heterocycles. The molecular weight excluding hydrogens is 312 g/mol. The Bertz CT molecular complexity index is 764. The number of esters is 1. The third-order valence-corrected chi connectivity index (χ3v) is 4.02. The number of rotatable bonds is 7. The van der Waals surface area contributed by atoms with Crippen LogP contribution in [0, 0.1) is 5.41 Å². The molecule has 0 atom stereocenters. The maximum absolute atomic E-state index is 12.9. The lowest BCUT2D eigenvalue weighted by Gasteiger charge is -2.21. The highest BCUT2D eigenvalue weighted by Crippen LogP contribution is 2.29. The first-order valence-corrected chi connectivity index (χ1v) is 7.61. The van der Waals surface area contributed by atoms with Crippen molar-refractivity contribution < 1.29 is 24.2 Å². The molecule has 1 N–H and O–H groups in total. The van der Waals surface area contributed by atoms with E-state index < -0.39 is 11.4 Å². The molecule has 0 unspecified atom stereocenters. The van der Waals surface area contributed by atoms with Crippen LogP contribution in [0.4, 0.5) is 0 Å². The van der Waals surface area contributed by atoms with Crippen molar-refractivity contribution in [2.75, 3.05) is 20.8 Å². The first-order chi connectivity index (χ1) is 11.3. The normalized spacial score (nSPS) is 11.5. The van der Waals surface area contributed by atoms with Crippen LogP contribution in [0.5, 0.6) is 5.75 Å². The SMILES string of the molecule is COC(=O)Cn1c(C(=O)C(C)(C)CCO)nc2ccc(OC)cc21. The van der Waals surface area contributed by atoms with Gasteiger partial charge in [-0.3, -0.25) is 9.59 Å². The van der Waals surface area contributed by atoms with Gasteiger partial charge in [0.05, 0.1) is 25.3 Å². The van der Waals surface area contributed by atoms with Gasteiger partial charge in [-0.1, -0.05) is 13.8 Å². The Morgan fingerprint density at radius 1 is 1.29 bits per heavy atom. The molecule has 2 aromatic rings. The highest BCUT2D eigenvalue weighted by molar-refractivity contribution is 6.00. The molecule has 0 aliphatic heterocycles. The maximum atomic E-state index is 12.9. The van der Waals surface area contributed by atoms with Crippen molar-refractivity contribution in [2.24, 2.45) is 5.41 Å². The fourth-order valence-electron chi connectivity index (χ4n) is 2.45. The molecule has 130 valence electrons. The van der Waals surface area contributed by atoms with Gasteiger partial charge in [0.15, 0.2) is 5.82 Å². The predicted molar refractivity (Wildman–Crippen MR) is 88.1 cm³/mol. The number of hydrogen-bond acceptors (Lipinski definition) is 6. The first-order valence-electron chi connectivity index (χ1n) is 7.61. The Hall–Kier alpha value is -2.41. The fraction of sp³-hybridized carbons (Fsp3) is 0.471. The average Bonchev–Trinajstić information content (AvgIpc) is 2.91. The minimum atomic E-state index is -0.798. The zero-order valence-electron chi connectivity index (χ0n) is 14.3. The Balaban J connectivity index is 2.61. The lowest BCUT2D eigenvalue weighted by atomic mass is 9.84. The van der Waals surface area contributed by atoms with Gasteiger partial charge >= 0.3 is 5.97 Å². The third kappa shape index (κ3) is 3.41. The molecule has 0 saturated carbocycles. The number of carbonyl (C=O) groups is 2. The Kier molecular flexibility index (Phi) is 5.23. The molecule has 0 aliphatic carbocycles. The molecule has 1 aromatic carbocycles. The summed E-state index contributed by atoms with van der Waals surface area (Å²) in [5.41, 5.74) is 0.402. The second-order valence-electron chi connectivity index (χ2n) is 6.14. The van der Waals surface area contributed by atoms with Gasteiger partial charge in [-0.2, -0.15) is 0 Å². The number of carbonyl (C=O) groups excluding carboxylic acids is 2. The van der Waals surface area contributed by atoms with E-state index in [9.17, 15) is 14.7 Å². The molecule has 0 fully saturated rings. The molecule has 24 heavy (non-hydrogen) atoms. The van der Waals surface area contributed by atoms with Crippen molar-refractivity contribution in [3.05, 3.63) is 24.0 Å². The van der Waals surface area contributed by atoms with E-state index in [1.807, 2.05) is 0 Å². The first kappa shape index (κ1) is 17.9. The van der Waals surface area contributed by atoms with E-state index in [0.29, 0.717) is 23.2 Å². The van der Waals surface area contributed by atoms with E-state index in [2.05, 4.69) is 4.98 Å². The largest absolute Gasteiger partial charge is 0.497 e. The van der Waals surface area contributed by atoms with Crippen molar-refractivity contribution in [2.45, 2.75) is 26.8 Å². The summed E-state index contributed by atoms with van der Waals surface area (Å²) in [5, 5.41) is 9.19. The van der Waals surface area contributed by atoms with Crippen LogP contribution in [0.2, 0.25) is 0 Å².